The molecule has 0 spiro atoms. The van der Waals surface area contributed by atoms with Crippen LogP contribution < -0.4 is 16.0 Å². The molecule has 0 bridgehead atoms. The summed E-state index contributed by atoms with van der Waals surface area (Å²) >= 11 is 0. The van der Waals surface area contributed by atoms with Crippen LogP contribution in [0.25, 0.3) is 0 Å². The van der Waals surface area contributed by atoms with E-state index in [1.54, 1.807) is 7.05 Å². The van der Waals surface area contributed by atoms with Crippen molar-refractivity contribution in [3.63, 3.8) is 0 Å². The number of rotatable bonds is 9. The molecule has 1 fully saturated rings. The first-order valence-corrected chi connectivity index (χ1v) is 10.8. The highest BCUT2D eigenvalue weighted by atomic mass is 127. The molecule has 1 aromatic rings. The monoisotopic (exact) mass is 515 g/mol. The van der Waals surface area contributed by atoms with Crippen LogP contribution in [0.5, 0.6) is 0 Å². The van der Waals surface area contributed by atoms with Crippen LogP contribution in [0.15, 0.2) is 29.3 Å². The maximum atomic E-state index is 12.1. The Balaban J connectivity index is 0.00000420. The summed E-state index contributed by atoms with van der Waals surface area (Å²) in [5.41, 5.74) is 1.77. The van der Waals surface area contributed by atoms with E-state index >= 15 is 0 Å². The molecule has 0 unspecified atom stereocenters. The second-order valence-corrected chi connectivity index (χ2v) is 7.42. The van der Waals surface area contributed by atoms with Gasteiger partial charge in [0.25, 0.3) is 5.91 Å². The summed E-state index contributed by atoms with van der Waals surface area (Å²) in [6, 6.07) is 7.74. The van der Waals surface area contributed by atoms with Crippen molar-refractivity contribution in [2.24, 2.45) is 4.99 Å². The average Bonchev–Trinajstić information content (AvgIpc) is 3.00. The van der Waals surface area contributed by atoms with Crippen molar-refractivity contribution in [3.8, 4) is 0 Å². The lowest BCUT2D eigenvalue weighted by Gasteiger charge is -2.20. The van der Waals surface area contributed by atoms with Gasteiger partial charge in [0.1, 0.15) is 0 Å². The van der Waals surface area contributed by atoms with Gasteiger partial charge in [0.15, 0.2) is 5.96 Å². The number of guanidine groups is 1. The van der Waals surface area contributed by atoms with Crippen molar-refractivity contribution in [1.82, 2.24) is 20.9 Å². The number of nitrogens with one attached hydrogen (secondary N) is 3. The number of halogens is 1. The molecule has 2 rings (SSSR count). The van der Waals surface area contributed by atoms with Gasteiger partial charge >= 0.3 is 0 Å². The van der Waals surface area contributed by atoms with Gasteiger partial charge in [0, 0.05) is 32.2 Å². The van der Waals surface area contributed by atoms with Gasteiger partial charge < -0.3 is 20.9 Å². The number of carbonyl (C=O) groups excluding carboxylic acids is 1. The molecule has 3 N–H and O–H groups in total. The Morgan fingerprint density at radius 3 is 2.52 bits per heavy atom. The summed E-state index contributed by atoms with van der Waals surface area (Å²) in [6.07, 6.45) is 7.50. The van der Waals surface area contributed by atoms with Crippen LogP contribution in [0.2, 0.25) is 0 Å². The average molecular weight is 515 g/mol. The number of aliphatic imine (C=N–C) groups is 1. The van der Waals surface area contributed by atoms with Gasteiger partial charge in [-0.2, -0.15) is 0 Å². The molecule has 1 aromatic carbocycles. The second-order valence-electron chi connectivity index (χ2n) is 7.42. The maximum absolute atomic E-state index is 12.1. The lowest BCUT2D eigenvalue weighted by atomic mass is 10.1. The van der Waals surface area contributed by atoms with Crippen LogP contribution in [-0.2, 0) is 6.54 Å². The SMILES string of the molecule is CCCNC(=O)c1cccc(CNC(=NC)NCCCN2CCCCCC2)c1.I. The highest BCUT2D eigenvalue weighted by Crippen LogP contribution is 2.09. The molecule has 1 aliphatic rings. The van der Waals surface area contributed by atoms with Gasteiger partial charge in [0.05, 0.1) is 0 Å². The minimum absolute atomic E-state index is 0. The second kappa shape index (κ2) is 15.5. The van der Waals surface area contributed by atoms with Gasteiger partial charge in [-0.05, 0) is 63.0 Å². The highest BCUT2D eigenvalue weighted by molar-refractivity contribution is 14.0. The molecule has 1 heterocycles. The van der Waals surface area contributed by atoms with E-state index in [4.69, 9.17) is 0 Å². The molecule has 1 aliphatic heterocycles. The number of nitrogens with zero attached hydrogens (tertiary/aromatic N) is 2. The van der Waals surface area contributed by atoms with Gasteiger partial charge in [0.2, 0.25) is 0 Å². The van der Waals surface area contributed by atoms with Crippen molar-refractivity contribution in [1.29, 1.82) is 0 Å². The van der Waals surface area contributed by atoms with E-state index in [2.05, 4.69) is 25.8 Å². The number of hydrogen-bond acceptors (Lipinski definition) is 3. The third kappa shape index (κ3) is 10.3. The molecule has 1 amide bonds. The molecular formula is C22H38IN5O. The number of carbonyl (C=O) groups is 1. The molecule has 0 radical (unpaired) electrons. The third-order valence-electron chi connectivity index (χ3n) is 5.05. The molecule has 0 atom stereocenters. The van der Waals surface area contributed by atoms with Crippen LogP contribution >= 0.6 is 24.0 Å². The molecule has 0 aromatic heterocycles. The summed E-state index contributed by atoms with van der Waals surface area (Å²) in [6.45, 7) is 7.95. The predicted molar refractivity (Wildman–Crippen MR) is 132 cm³/mol. The topological polar surface area (TPSA) is 68.8 Å². The Kier molecular flexibility index (Phi) is 13.7. The van der Waals surface area contributed by atoms with E-state index in [-0.39, 0.29) is 29.9 Å². The van der Waals surface area contributed by atoms with Crippen LogP contribution in [0.4, 0.5) is 0 Å². The Bertz CT molecular complexity index is 615. The van der Waals surface area contributed by atoms with Crippen molar-refractivity contribution >= 4 is 35.8 Å². The lowest BCUT2D eigenvalue weighted by molar-refractivity contribution is 0.0953. The van der Waals surface area contributed by atoms with Gasteiger partial charge in [-0.3, -0.25) is 9.79 Å². The molecule has 1 saturated heterocycles. The van der Waals surface area contributed by atoms with E-state index in [0.29, 0.717) is 18.7 Å². The standard InChI is InChI=1S/C22H37N5O.HI/c1-3-12-24-21(28)20-11-8-10-19(17-20)18-26-22(23-2)25-13-9-16-27-14-6-4-5-7-15-27;/h8,10-11,17H,3-7,9,12-16,18H2,1-2H3,(H,24,28)(H2,23,25,26);1H. The normalized spacial score (nSPS) is 15.2. The zero-order chi connectivity index (χ0) is 20.0. The maximum Gasteiger partial charge on any atom is 0.251 e. The van der Waals surface area contributed by atoms with Crippen molar-refractivity contribution in [2.45, 2.75) is 52.0 Å². The Hall–Kier alpha value is -1.35. The molecule has 0 saturated carbocycles. The zero-order valence-electron chi connectivity index (χ0n) is 18.0. The van der Waals surface area contributed by atoms with E-state index in [0.717, 1.165) is 37.5 Å². The highest BCUT2D eigenvalue weighted by Gasteiger charge is 2.08. The largest absolute Gasteiger partial charge is 0.356 e. The molecular weight excluding hydrogens is 477 g/mol. The predicted octanol–water partition coefficient (Wildman–Crippen LogP) is 3.38. The van der Waals surface area contributed by atoms with Crippen LogP contribution in [-0.4, -0.2) is 56.5 Å². The van der Waals surface area contributed by atoms with Crippen LogP contribution in [0.1, 0.15) is 61.4 Å². The molecule has 0 aliphatic carbocycles. The van der Waals surface area contributed by atoms with E-state index in [1.165, 1.54) is 38.8 Å². The van der Waals surface area contributed by atoms with E-state index < -0.39 is 0 Å². The first-order chi connectivity index (χ1) is 13.7. The fourth-order valence-electron chi connectivity index (χ4n) is 3.44. The summed E-state index contributed by atoms with van der Waals surface area (Å²) in [7, 11) is 1.79. The fourth-order valence-corrected chi connectivity index (χ4v) is 3.44. The van der Waals surface area contributed by atoms with Gasteiger partial charge in [-0.25, -0.2) is 0 Å². The number of amides is 1. The third-order valence-corrected chi connectivity index (χ3v) is 5.05. The minimum Gasteiger partial charge on any atom is -0.356 e. The summed E-state index contributed by atoms with van der Waals surface area (Å²) in [5, 5.41) is 9.65. The number of likely N-dealkylation sites (tertiary alicyclic amines) is 1. The Labute approximate surface area is 193 Å². The smallest absolute Gasteiger partial charge is 0.251 e. The fraction of sp³-hybridized carbons (Fsp3) is 0.636. The zero-order valence-corrected chi connectivity index (χ0v) is 20.3. The number of benzene rings is 1. The van der Waals surface area contributed by atoms with Gasteiger partial charge in [-0.15, -0.1) is 24.0 Å². The summed E-state index contributed by atoms with van der Waals surface area (Å²) < 4.78 is 0. The quantitative estimate of drug-likeness (QED) is 0.204. The molecule has 6 nitrogen and oxygen atoms in total. The van der Waals surface area contributed by atoms with Gasteiger partial charge in [-0.1, -0.05) is 31.9 Å². The van der Waals surface area contributed by atoms with Crippen molar-refractivity contribution in [3.05, 3.63) is 35.4 Å². The number of hydrogen-bond donors (Lipinski definition) is 3. The van der Waals surface area contributed by atoms with Crippen molar-refractivity contribution < 1.29 is 4.79 Å². The van der Waals surface area contributed by atoms with E-state index in [9.17, 15) is 4.79 Å². The van der Waals surface area contributed by atoms with Crippen LogP contribution in [0.3, 0.4) is 0 Å². The molecule has 7 heteroatoms. The molecule has 164 valence electrons. The minimum atomic E-state index is -0.0141. The molecule has 29 heavy (non-hydrogen) atoms. The summed E-state index contributed by atoms with van der Waals surface area (Å²) in [5.74, 6) is 0.788. The van der Waals surface area contributed by atoms with Crippen LogP contribution in [0, 0.1) is 0 Å². The van der Waals surface area contributed by atoms with Crippen molar-refractivity contribution in [2.75, 3.05) is 39.8 Å². The summed E-state index contributed by atoms with van der Waals surface area (Å²) in [4.78, 5) is 19.0. The first-order valence-electron chi connectivity index (χ1n) is 10.8. The Morgan fingerprint density at radius 1 is 1.07 bits per heavy atom. The lowest BCUT2D eigenvalue weighted by Crippen LogP contribution is -2.38. The van der Waals surface area contributed by atoms with E-state index in [1.807, 2.05) is 31.2 Å². The first kappa shape index (κ1) is 25.7. The Morgan fingerprint density at radius 2 is 1.83 bits per heavy atom.